The number of rotatable bonds is 4. The van der Waals surface area contributed by atoms with Crippen LogP contribution in [0.3, 0.4) is 0 Å². The second-order valence-corrected chi connectivity index (χ2v) is 9.28. The van der Waals surface area contributed by atoms with E-state index in [2.05, 4.69) is 19.9 Å². The summed E-state index contributed by atoms with van der Waals surface area (Å²) in [4.78, 5) is 13.9. The fraction of sp³-hybridized carbons (Fsp3) is 0.611. The summed E-state index contributed by atoms with van der Waals surface area (Å²) < 4.78 is 32.5. The molecule has 9 nitrogen and oxygen atoms in total. The Bertz CT molecular complexity index is 940. The predicted octanol–water partition coefficient (Wildman–Crippen LogP) is 1.50. The minimum absolute atomic E-state index is 0.190. The zero-order chi connectivity index (χ0) is 19.9. The average molecular weight is 407 g/mol. The maximum Gasteiger partial charge on any atom is 0.248 e. The summed E-state index contributed by atoms with van der Waals surface area (Å²) in [6, 6.07) is 1.97. The average Bonchev–Trinajstić information content (AvgIpc) is 3.31. The van der Waals surface area contributed by atoms with E-state index in [1.54, 1.807) is 13.8 Å². The minimum atomic E-state index is -3.61. The molecule has 10 heteroatoms. The summed E-state index contributed by atoms with van der Waals surface area (Å²) in [6.07, 6.45) is 2.34. The predicted molar refractivity (Wildman–Crippen MR) is 105 cm³/mol. The number of nitrogens with zero attached hydrogens (tertiary/aromatic N) is 6. The SMILES string of the molecule is Cc1cc(N2CCN(S(=O)(=O)c3c(C)noc3C)CC2)nc(N2CCCC2)n1. The number of hydrogen-bond acceptors (Lipinski definition) is 8. The lowest BCUT2D eigenvalue weighted by Gasteiger charge is -2.35. The third-order valence-corrected chi connectivity index (χ3v) is 7.49. The Morgan fingerprint density at radius 3 is 2.21 bits per heavy atom. The van der Waals surface area contributed by atoms with Gasteiger partial charge in [-0.1, -0.05) is 5.16 Å². The van der Waals surface area contributed by atoms with Gasteiger partial charge in [0.2, 0.25) is 16.0 Å². The molecular weight excluding hydrogens is 380 g/mol. The van der Waals surface area contributed by atoms with E-state index in [0.717, 1.165) is 30.5 Å². The molecule has 2 aliphatic heterocycles. The third-order valence-electron chi connectivity index (χ3n) is 5.35. The second-order valence-electron chi connectivity index (χ2n) is 7.41. The lowest BCUT2D eigenvalue weighted by Crippen LogP contribution is -2.49. The van der Waals surface area contributed by atoms with Gasteiger partial charge in [0.25, 0.3) is 0 Å². The summed E-state index contributed by atoms with van der Waals surface area (Å²) in [6.45, 7) is 9.21. The van der Waals surface area contributed by atoms with Gasteiger partial charge in [-0.25, -0.2) is 13.4 Å². The van der Waals surface area contributed by atoms with Gasteiger partial charge in [-0.05, 0) is 33.6 Å². The van der Waals surface area contributed by atoms with Crippen LogP contribution in [0.4, 0.5) is 11.8 Å². The highest BCUT2D eigenvalue weighted by Gasteiger charge is 2.33. The topological polar surface area (TPSA) is 95.7 Å². The van der Waals surface area contributed by atoms with Crippen molar-refractivity contribution in [2.45, 2.75) is 38.5 Å². The van der Waals surface area contributed by atoms with Gasteiger partial charge in [-0.15, -0.1) is 0 Å². The molecular formula is C18H26N6O3S. The Hall–Kier alpha value is -2.20. The summed E-state index contributed by atoms with van der Waals surface area (Å²) in [5.41, 5.74) is 1.33. The van der Waals surface area contributed by atoms with Crippen molar-refractivity contribution >= 4 is 21.8 Å². The van der Waals surface area contributed by atoms with Crippen LogP contribution < -0.4 is 9.80 Å². The monoisotopic (exact) mass is 406 g/mol. The molecule has 0 bridgehead atoms. The van der Waals surface area contributed by atoms with Crippen LogP contribution in [0, 0.1) is 20.8 Å². The molecule has 2 aromatic heterocycles. The van der Waals surface area contributed by atoms with Crippen LogP contribution >= 0.6 is 0 Å². The molecule has 0 N–H and O–H groups in total. The van der Waals surface area contributed by atoms with Crippen LogP contribution in [-0.4, -0.2) is 67.1 Å². The Kier molecular flexibility index (Phi) is 5.00. The van der Waals surface area contributed by atoms with E-state index < -0.39 is 10.0 Å². The number of sulfonamides is 1. The van der Waals surface area contributed by atoms with E-state index in [1.165, 1.54) is 17.1 Å². The Labute approximate surface area is 165 Å². The Morgan fingerprint density at radius 2 is 1.61 bits per heavy atom. The zero-order valence-electron chi connectivity index (χ0n) is 16.6. The molecule has 0 spiro atoms. The van der Waals surface area contributed by atoms with Crippen molar-refractivity contribution in [3.8, 4) is 0 Å². The van der Waals surface area contributed by atoms with Crippen molar-refractivity contribution in [3.63, 3.8) is 0 Å². The molecule has 0 unspecified atom stereocenters. The lowest BCUT2D eigenvalue weighted by molar-refractivity contribution is 0.377. The third kappa shape index (κ3) is 3.46. The first-order chi connectivity index (χ1) is 13.4. The molecule has 2 aromatic rings. The molecule has 2 saturated heterocycles. The standard InChI is InChI=1S/C18H26N6O3S/c1-13-12-16(20-18(19-13)23-6-4-5-7-23)22-8-10-24(11-9-22)28(25,26)17-14(2)21-27-15(17)3/h12H,4-11H2,1-3H3. The minimum Gasteiger partial charge on any atom is -0.360 e. The summed E-state index contributed by atoms with van der Waals surface area (Å²) in [5.74, 6) is 1.98. The van der Waals surface area contributed by atoms with Crippen molar-refractivity contribution in [1.82, 2.24) is 19.4 Å². The second kappa shape index (κ2) is 7.32. The van der Waals surface area contributed by atoms with Gasteiger partial charge in [0.05, 0.1) is 0 Å². The van der Waals surface area contributed by atoms with E-state index in [-0.39, 0.29) is 4.90 Å². The highest BCUT2D eigenvalue weighted by atomic mass is 32.2. The number of piperazine rings is 1. The van der Waals surface area contributed by atoms with Crippen molar-refractivity contribution in [2.24, 2.45) is 0 Å². The van der Waals surface area contributed by atoms with Crippen molar-refractivity contribution < 1.29 is 12.9 Å². The molecule has 152 valence electrons. The summed E-state index contributed by atoms with van der Waals surface area (Å²) in [7, 11) is -3.61. The van der Waals surface area contributed by atoms with Gasteiger partial charge in [-0.2, -0.15) is 9.29 Å². The number of hydrogen-bond donors (Lipinski definition) is 0. The van der Waals surface area contributed by atoms with Crippen LogP contribution in [0.2, 0.25) is 0 Å². The van der Waals surface area contributed by atoms with Crippen LogP contribution in [0.15, 0.2) is 15.5 Å². The maximum atomic E-state index is 13.0. The molecule has 0 saturated carbocycles. The van der Waals surface area contributed by atoms with E-state index in [1.807, 2.05) is 13.0 Å². The summed E-state index contributed by atoms with van der Waals surface area (Å²) in [5, 5.41) is 3.78. The van der Waals surface area contributed by atoms with E-state index in [4.69, 9.17) is 9.51 Å². The van der Waals surface area contributed by atoms with Crippen LogP contribution in [0.1, 0.15) is 30.0 Å². The van der Waals surface area contributed by atoms with Crippen molar-refractivity contribution in [1.29, 1.82) is 0 Å². The molecule has 0 aromatic carbocycles. The summed E-state index contributed by atoms with van der Waals surface area (Å²) >= 11 is 0. The Balaban J connectivity index is 1.50. The number of aromatic nitrogens is 3. The number of anilines is 2. The molecule has 4 rings (SSSR count). The van der Waals surface area contributed by atoms with Gasteiger partial charge in [-0.3, -0.25) is 0 Å². The first kappa shape index (κ1) is 19.1. The Morgan fingerprint density at radius 1 is 0.929 bits per heavy atom. The van der Waals surface area contributed by atoms with Crippen LogP contribution in [-0.2, 0) is 10.0 Å². The van der Waals surface area contributed by atoms with Gasteiger partial charge in [0.1, 0.15) is 16.4 Å². The normalized spacial score (nSPS) is 18.8. The van der Waals surface area contributed by atoms with Gasteiger partial charge < -0.3 is 14.3 Å². The molecule has 4 heterocycles. The lowest BCUT2D eigenvalue weighted by atomic mass is 10.3. The van der Waals surface area contributed by atoms with Crippen LogP contribution in [0.5, 0.6) is 0 Å². The number of aryl methyl sites for hydroxylation is 3. The highest BCUT2D eigenvalue weighted by Crippen LogP contribution is 2.26. The highest BCUT2D eigenvalue weighted by molar-refractivity contribution is 7.89. The molecule has 0 amide bonds. The molecule has 28 heavy (non-hydrogen) atoms. The molecule has 0 atom stereocenters. The fourth-order valence-electron chi connectivity index (χ4n) is 3.89. The van der Waals surface area contributed by atoms with E-state index in [9.17, 15) is 8.42 Å². The quantitative estimate of drug-likeness (QED) is 0.754. The van der Waals surface area contributed by atoms with Gasteiger partial charge in [0, 0.05) is 51.0 Å². The maximum absolute atomic E-state index is 13.0. The molecule has 2 aliphatic rings. The van der Waals surface area contributed by atoms with Crippen molar-refractivity contribution in [3.05, 3.63) is 23.2 Å². The van der Waals surface area contributed by atoms with E-state index in [0.29, 0.717) is 37.6 Å². The molecule has 0 aliphatic carbocycles. The first-order valence-electron chi connectivity index (χ1n) is 9.65. The zero-order valence-corrected chi connectivity index (χ0v) is 17.4. The van der Waals surface area contributed by atoms with Crippen LogP contribution in [0.25, 0.3) is 0 Å². The van der Waals surface area contributed by atoms with Crippen molar-refractivity contribution in [2.75, 3.05) is 49.1 Å². The smallest absolute Gasteiger partial charge is 0.248 e. The van der Waals surface area contributed by atoms with E-state index >= 15 is 0 Å². The van der Waals surface area contributed by atoms with Gasteiger partial charge in [0.15, 0.2) is 5.76 Å². The molecule has 2 fully saturated rings. The largest absolute Gasteiger partial charge is 0.360 e. The first-order valence-corrected chi connectivity index (χ1v) is 11.1. The fourth-order valence-corrected chi connectivity index (χ4v) is 5.60. The van der Waals surface area contributed by atoms with Gasteiger partial charge >= 0.3 is 0 Å². The molecule has 0 radical (unpaired) electrons.